The van der Waals surface area contributed by atoms with Crippen LogP contribution < -0.4 is 4.74 Å². The van der Waals surface area contributed by atoms with Crippen LogP contribution >= 0.6 is 0 Å². The maximum absolute atomic E-state index is 9.75. The van der Waals surface area contributed by atoms with Gasteiger partial charge in [-0.3, -0.25) is 0 Å². The molecule has 1 atom stereocenters. The molecule has 0 aliphatic heterocycles. The molecule has 0 unspecified atom stereocenters. The van der Waals surface area contributed by atoms with Gasteiger partial charge in [-0.2, -0.15) is 5.26 Å². The minimum Gasteiger partial charge on any atom is -0.457 e. The Morgan fingerprint density at radius 1 is 1.20 bits per heavy atom. The summed E-state index contributed by atoms with van der Waals surface area (Å²) in [5.41, 5.74) is 2.42. The summed E-state index contributed by atoms with van der Waals surface area (Å²) >= 11 is 0. The van der Waals surface area contributed by atoms with Crippen molar-refractivity contribution in [3.8, 4) is 17.6 Å². The van der Waals surface area contributed by atoms with Crippen LogP contribution in [0.1, 0.15) is 36.1 Å². The van der Waals surface area contributed by atoms with E-state index in [0.29, 0.717) is 23.5 Å². The van der Waals surface area contributed by atoms with Crippen LogP contribution in [0.15, 0.2) is 42.5 Å². The van der Waals surface area contributed by atoms with Gasteiger partial charge in [0.1, 0.15) is 11.5 Å². The van der Waals surface area contributed by atoms with Gasteiger partial charge < -0.3 is 9.84 Å². The molecule has 0 saturated carbocycles. The molecule has 20 heavy (non-hydrogen) atoms. The van der Waals surface area contributed by atoms with Crippen molar-refractivity contribution in [3.05, 3.63) is 59.2 Å². The summed E-state index contributed by atoms with van der Waals surface area (Å²) in [6.07, 6.45) is 0.247. The van der Waals surface area contributed by atoms with Crippen LogP contribution in [-0.2, 0) is 0 Å². The minimum absolute atomic E-state index is 0.437. The Kier molecular flexibility index (Phi) is 4.39. The van der Waals surface area contributed by atoms with Gasteiger partial charge in [-0.15, -0.1) is 0 Å². The molecule has 0 aliphatic rings. The molecule has 0 saturated heterocycles. The number of rotatable bonds is 4. The lowest BCUT2D eigenvalue weighted by Crippen LogP contribution is -1.95. The predicted octanol–water partition coefficient (Wildman–Crippen LogP) is 4.10. The molecule has 3 nitrogen and oxygen atoms in total. The summed E-state index contributed by atoms with van der Waals surface area (Å²) in [4.78, 5) is 0. The predicted molar refractivity (Wildman–Crippen MR) is 77.7 cm³/mol. The van der Waals surface area contributed by atoms with E-state index in [-0.39, 0.29) is 0 Å². The van der Waals surface area contributed by atoms with Crippen molar-refractivity contribution in [2.75, 3.05) is 0 Å². The summed E-state index contributed by atoms with van der Waals surface area (Å²) in [6.45, 7) is 3.87. The smallest absolute Gasteiger partial charge is 0.131 e. The number of hydrogen-bond donors (Lipinski definition) is 1. The van der Waals surface area contributed by atoms with Crippen molar-refractivity contribution in [1.29, 1.82) is 5.26 Å². The van der Waals surface area contributed by atoms with E-state index in [4.69, 9.17) is 10.00 Å². The van der Waals surface area contributed by atoms with Crippen LogP contribution in [0.3, 0.4) is 0 Å². The lowest BCUT2D eigenvalue weighted by atomic mass is 10.1. The first-order chi connectivity index (χ1) is 9.63. The Hall–Kier alpha value is -2.31. The standard InChI is InChI=1S/C17H17NO2/c1-3-16(19)14-6-8-15(9-7-14)20-17-10-13(11-18)5-4-12(17)2/h4-10,16,19H,3H2,1-2H3/t16-/m1/s1. The van der Waals surface area contributed by atoms with Gasteiger partial charge in [-0.05, 0) is 48.7 Å². The van der Waals surface area contributed by atoms with E-state index in [2.05, 4.69) is 6.07 Å². The van der Waals surface area contributed by atoms with Crippen molar-refractivity contribution in [1.82, 2.24) is 0 Å². The number of nitrogens with zero attached hydrogens (tertiary/aromatic N) is 1. The second-order valence-electron chi connectivity index (χ2n) is 4.69. The number of aliphatic hydroxyl groups excluding tert-OH is 1. The molecular weight excluding hydrogens is 250 g/mol. The largest absolute Gasteiger partial charge is 0.457 e. The van der Waals surface area contributed by atoms with Gasteiger partial charge >= 0.3 is 0 Å². The zero-order valence-corrected chi connectivity index (χ0v) is 11.6. The maximum atomic E-state index is 9.75. The fraction of sp³-hybridized carbons (Fsp3) is 0.235. The number of aliphatic hydroxyl groups is 1. The van der Waals surface area contributed by atoms with Crippen molar-refractivity contribution < 1.29 is 9.84 Å². The average Bonchev–Trinajstić information content (AvgIpc) is 2.49. The molecule has 3 heteroatoms. The van der Waals surface area contributed by atoms with Gasteiger partial charge in [-0.25, -0.2) is 0 Å². The van der Waals surface area contributed by atoms with Crippen LogP contribution in [0, 0.1) is 18.3 Å². The van der Waals surface area contributed by atoms with E-state index in [1.54, 1.807) is 12.1 Å². The van der Waals surface area contributed by atoms with Crippen molar-refractivity contribution >= 4 is 0 Å². The van der Waals surface area contributed by atoms with Crippen molar-refractivity contribution in [2.24, 2.45) is 0 Å². The van der Waals surface area contributed by atoms with Gasteiger partial charge in [0.25, 0.3) is 0 Å². The van der Waals surface area contributed by atoms with E-state index in [1.165, 1.54) is 0 Å². The number of aryl methyl sites for hydroxylation is 1. The van der Waals surface area contributed by atoms with Gasteiger partial charge in [0.15, 0.2) is 0 Å². The molecule has 0 amide bonds. The highest BCUT2D eigenvalue weighted by molar-refractivity contribution is 5.44. The summed E-state index contributed by atoms with van der Waals surface area (Å²) in [6, 6.07) is 14.8. The minimum atomic E-state index is -0.437. The number of ether oxygens (including phenoxy) is 1. The summed E-state index contributed by atoms with van der Waals surface area (Å²) in [7, 11) is 0. The Balaban J connectivity index is 2.20. The molecule has 0 aliphatic carbocycles. The van der Waals surface area contributed by atoms with Gasteiger partial charge in [-0.1, -0.05) is 25.1 Å². The Bertz CT molecular complexity index is 626. The molecule has 0 aromatic heterocycles. The monoisotopic (exact) mass is 267 g/mol. The zero-order valence-electron chi connectivity index (χ0n) is 11.6. The second kappa shape index (κ2) is 6.23. The highest BCUT2D eigenvalue weighted by Crippen LogP contribution is 2.27. The Morgan fingerprint density at radius 2 is 1.90 bits per heavy atom. The van der Waals surface area contributed by atoms with Crippen LogP contribution in [0.2, 0.25) is 0 Å². The molecular formula is C17H17NO2. The fourth-order valence-electron chi connectivity index (χ4n) is 1.90. The molecule has 0 spiro atoms. The lowest BCUT2D eigenvalue weighted by Gasteiger charge is -2.11. The first-order valence-electron chi connectivity index (χ1n) is 6.60. The van der Waals surface area contributed by atoms with Crippen molar-refractivity contribution in [2.45, 2.75) is 26.4 Å². The van der Waals surface area contributed by atoms with Gasteiger partial charge in [0.05, 0.1) is 17.7 Å². The third-order valence-corrected chi connectivity index (χ3v) is 3.20. The normalized spacial score (nSPS) is 11.7. The maximum Gasteiger partial charge on any atom is 0.131 e. The lowest BCUT2D eigenvalue weighted by molar-refractivity contribution is 0.173. The zero-order chi connectivity index (χ0) is 14.5. The van der Waals surface area contributed by atoms with E-state index in [1.807, 2.05) is 44.2 Å². The van der Waals surface area contributed by atoms with E-state index < -0.39 is 6.10 Å². The molecule has 2 aromatic carbocycles. The topological polar surface area (TPSA) is 53.2 Å². The molecule has 0 fully saturated rings. The Labute approximate surface area is 119 Å². The molecule has 2 aromatic rings. The van der Waals surface area contributed by atoms with E-state index >= 15 is 0 Å². The first kappa shape index (κ1) is 14.1. The molecule has 1 N–H and O–H groups in total. The molecule has 2 rings (SSSR count). The molecule has 102 valence electrons. The summed E-state index contributed by atoms with van der Waals surface area (Å²) in [5.74, 6) is 1.36. The highest BCUT2D eigenvalue weighted by atomic mass is 16.5. The number of hydrogen-bond acceptors (Lipinski definition) is 3. The van der Waals surface area contributed by atoms with Crippen LogP contribution in [0.5, 0.6) is 11.5 Å². The summed E-state index contributed by atoms with van der Waals surface area (Å²) in [5, 5.41) is 18.7. The van der Waals surface area contributed by atoms with Crippen molar-refractivity contribution in [3.63, 3.8) is 0 Å². The first-order valence-corrected chi connectivity index (χ1v) is 6.60. The fourth-order valence-corrected chi connectivity index (χ4v) is 1.90. The van der Waals surface area contributed by atoms with Gasteiger partial charge in [0, 0.05) is 0 Å². The number of nitriles is 1. The van der Waals surface area contributed by atoms with Crippen LogP contribution in [-0.4, -0.2) is 5.11 Å². The highest BCUT2D eigenvalue weighted by Gasteiger charge is 2.06. The quantitative estimate of drug-likeness (QED) is 0.907. The molecule has 0 bridgehead atoms. The molecule has 0 radical (unpaired) electrons. The summed E-state index contributed by atoms with van der Waals surface area (Å²) < 4.78 is 5.79. The molecule has 0 heterocycles. The SMILES string of the molecule is CC[C@@H](O)c1ccc(Oc2cc(C#N)ccc2C)cc1. The van der Waals surface area contributed by atoms with E-state index in [9.17, 15) is 5.11 Å². The van der Waals surface area contributed by atoms with Crippen LogP contribution in [0.25, 0.3) is 0 Å². The third kappa shape index (κ3) is 3.17. The van der Waals surface area contributed by atoms with E-state index in [0.717, 1.165) is 11.1 Å². The van der Waals surface area contributed by atoms with Gasteiger partial charge in [0.2, 0.25) is 0 Å². The second-order valence-corrected chi connectivity index (χ2v) is 4.69. The third-order valence-electron chi connectivity index (χ3n) is 3.20. The average molecular weight is 267 g/mol. The Morgan fingerprint density at radius 3 is 2.50 bits per heavy atom. The number of benzene rings is 2. The van der Waals surface area contributed by atoms with Crippen LogP contribution in [0.4, 0.5) is 0 Å².